The maximum atomic E-state index is 12.9. The third kappa shape index (κ3) is 4.55. The van der Waals surface area contributed by atoms with E-state index in [1.807, 2.05) is 42.7 Å². The zero-order chi connectivity index (χ0) is 22.0. The van der Waals surface area contributed by atoms with Crippen LogP contribution in [0, 0.1) is 6.92 Å². The van der Waals surface area contributed by atoms with Crippen molar-refractivity contribution in [3.8, 4) is 22.4 Å². The van der Waals surface area contributed by atoms with Crippen molar-refractivity contribution in [2.24, 2.45) is 0 Å². The van der Waals surface area contributed by atoms with Crippen molar-refractivity contribution in [3.05, 3.63) is 66.4 Å². The maximum Gasteiger partial charge on any atom is 0.302 e. The van der Waals surface area contributed by atoms with E-state index in [-0.39, 0.29) is 4.21 Å². The number of benzene rings is 1. The fourth-order valence-corrected chi connectivity index (χ4v) is 5.61. The number of aryl methyl sites for hydroxylation is 1. The Morgan fingerprint density at radius 1 is 1.19 bits per heavy atom. The first-order valence-electron chi connectivity index (χ1n) is 9.68. The van der Waals surface area contributed by atoms with Gasteiger partial charge in [-0.05, 0) is 45.0 Å². The maximum absolute atomic E-state index is 12.9. The van der Waals surface area contributed by atoms with E-state index in [0.29, 0.717) is 34.6 Å². The van der Waals surface area contributed by atoms with E-state index < -0.39 is 16.1 Å². The van der Waals surface area contributed by atoms with Crippen molar-refractivity contribution in [3.63, 3.8) is 0 Å². The molecule has 0 bridgehead atoms. The van der Waals surface area contributed by atoms with Gasteiger partial charge in [0.15, 0.2) is 12.2 Å². The molecule has 4 aromatic rings. The van der Waals surface area contributed by atoms with Crippen LogP contribution in [0.15, 0.2) is 63.8 Å². The van der Waals surface area contributed by atoms with Crippen molar-refractivity contribution in [1.29, 1.82) is 0 Å². The van der Waals surface area contributed by atoms with Gasteiger partial charge in [-0.1, -0.05) is 17.7 Å². The molecule has 0 aliphatic carbocycles. The average molecular weight is 459 g/mol. The Hall–Kier alpha value is -2.95. The Labute approximate surface area is 184 Å². The van der Waals surface area contributed by atoms with E-state index in [1.54, 1.807) is 31.5 Å². The van der Waals surface area contributed by atoms with Crippen LogP contribution in [-0.2, 0) is 16.6 Å². The SMILES string of the molecule is CCn1c(C(C)NS(=O)(=O)c2ccc(-c3cnco3)s2)cnc1Oc1ccc(C)cc1. The van der Waals surface area contributed by atoms with Crippen LogP contribution in [0.3, 0.4) is 0 Å². The molecule has 0 saturated heterocycles. The summed E-state index contributed by atoms with van der Waals surface area (Å²) in [6, 6.07) is 10.8. The lowest BCUT2D eigenvalue weighted by Gasteiger charge is -2.16. The van der Waals surface area contributed by atoms with Crippen molar-refractivity contribution in [1.82, 2.24) is 19.3 Å². The highest BCUT2D eigenvalue weighted by Gasteiger charge is 2.24. The van der Waals surface area contributed by atoms with Crippen LogP contribution in [0.25, 0.3) is 10.6 Å². The molecule has 3 aromatic heterocycles. The number of oxazole rings is 1. The summed E-state index contributed by atoms with van der Waals surface area (Å²) in [6.07, 6.45) is 4.49. The molecule has 0 radical (unpaired) electrons. The van der Waals surface area contributed by atoms with Gasteiger partial charge in [-0.15, -0.1) is 11.3 Å². The summed E-state index contributed by atoms with van der Waals surface area (Å²) in [5, 5.41) is 0. The molecule has 162 valence electrons. The van der Waals surface area contributed by atoms with Gasteiger partial charge in [0.1, 0.15) is 9.96 Å². The number of nitrogens with zero attached hydrogens (tertiary/aromatic N) is 3. The molecule has 1 aromatic carbocycles. The largest absolute Gasteiger partial charge is 0.443 e. The summed E-state index contributed by atoms with van der Waals surface area (Å²) in [6.45, 7) is 6.32. The normalized spacial score (nSPS) is 12.7. The molecule has 0 spiro atoms. The van der Waals surface area contributed by atoms with Gasteiger partial charge in [0, 0.05) is 6.54 Å². The van der Waals surface area contributed by atoms with Crippen molar-refractivity contribution in [2.45, 2.75) is 37.6 Å². The van der Waals surface area contributed by atoms with E-state index in [2.05, 4.69) is 14.7 Å². The van der Waals surface area contributed by atoms with E-state index in [1.165, 1.54) is 6.39 Å². The topological polar surface area (TPSA) is 99.2 Å². The predicted octanol–water partition coefficient (Wildman–Crippen LogP) is 4.76. The summed E-state index contributed by atoms with van der Waals surface area (Å²) in [4.78, 5) is 8.92. The minimum absolute atomic E-state index is 0.199. The molecule has 8 nitrogen and oxygen atoms in total. The van der Waals surface area contributed by atoms with Crippen molar-refractivity contribution < 1.29 is 17.6 Å². The summed E-state index contributed by atoms with van der Waals surface area (Å²) < 4.78 is 41.8. The quantitative estimate of drug-likeness (QED) is 0.409. The van der Waals surface area contributed by atoms with Gasteiger partial charge < -0.3 is 9.15 Å². The number of hydrogen-bond donors (Lipinski definition) is 1. The molecule has 31 heavy (non-hydrogen) atoms. The van der Waals surface area contributed by atoms with Gasteiger partial charge in [0.25, 0.3) is 10.0 Å². The summed E-state index contributed by atoms with van der Waals surface area (Å²) in [5.41, 5.74) is 1.84. The number of aromatic nitrogens is 3. The van der Waals surface area contributed by atoms with Gasteiger partial charge in [-0.3, -0.25) is 4.57 Å². The van der Waals surface area contributed by atoms with Crippen LogP contribution in [0.1, 0.15) is 31.1 Å². The highest BCUT2D eigenvalue weighted by molar-refractivity contribution is 7.91. The smallest absolute Gasteiger partial charge is 0.302 e. The second kappa shape index (κ2) is 8.66. The number of sulfonamides is 1. The first-order valence-corrected chi connectivity index (χ1v) is 12.0. The molecule has 0 fully saturated rings. The number of rotatable bonds is 8. The van der Waals surface area contributed by atoms with Crippen LogP contribution >= 0.6 is 11.3 Å². The Kier molecular flexibility index (Phi) is 5.94. The zero-order valence-corrected chi connectivity index (χ0v) is 18.9. The lowest BCUT2D eigenvalue weighted by Crippen LogP contribution is -2.27. The molecule has 1 N–H and O–H groups in total. The molecular formula is C21H22N4O4S2. The molecule has 0 saturated carbocycles. The molecule has 4 rings (SSSR count). The van der Waals surface area contributed by atoms with Gasteiger partial charge in [0.05, 0.1) is 29.0 Å². The Morgan fingerprint density at radius 2 is 1.97 bits per heavy atom. The summed E-state index contributed by atoms with van der Waals surface area (Å²) in [7, 11) is -3.73. The fourth-order valence-electron chi connectivity index (χ4n) is 3.11. The Bertz CT molecular complexity index is 1260. The zero-order valence-electron chi connectivity index (χ0n) is 17.3. The second-order valence-corrected chi connectivity index (χ2v) is 9.98. The molecule has 0 aliphatic heterocycles. The number of thiophene rings is 1. The molecule has 0 amide bonds. The van der Waals surface area contributed by atoms with Gasteiger partial charge >= 0.3 is 6.01 Å². The number of ether oxygens (including phenoxy) is 1. The lowest BCUT2D eigenvalue weighted by atomic mass is 10.2. The fraction of sp³-hybridized carbons (Fsp3) is 0.238. The second-order valence-electron chi connectivity index (χ2n) is 6.95. The van der Waals surface area contributed by atoms with E-state index >= 15 is 0 Å². The monoisotopic (exact) mass is 458 g/mol. The van der Waals surface area contributed by atoms with Crippen LogP contribution in [0.5, 0.6) is 11.8 Å². The molecular weight excluding hydrogens is 436 g/mol. The van der Waals surface area contributed by atoms with E-state index in [4.69, 9.17) is 9.15 Å². The average Bonchev–Trinajstić information content (AvgIpc) is 3.49. The minimum atomic E-state index is -3.73. The van der Waals surface area contributed by atoms with Crippen molar-refractivity contribution >= 4 is 21.4 Å². The molecule has 10 heteroatoms. The van der Waals surface area contributed by atoms with Gasteiger partial charge in [-0.2, -0.15) is 0 Å². The Morgan fingerprint density at radius 3 is 2.65 bits per heavy atom. The Balaban J connectivity index is 1.53. The van der Waals surface area contributed by atoms with E-state index in [0.717, 1.165) is 16.9 Å². The van der Waals surface area contributed by atoms with Gasteiger partial charge in [0.2, 0.25) is 0 Å². The molecule has 0 aliphatic rings. The number of imidazole rings is 1. The molecule has 1 atom stereocenters. The highest BCUT2D eigenvalue weighted by Crippen LogP contribution is 2.32. The lowest BCUT2D eigenvalue weighted by molar-refractivity contribution is 0.408. The third-order valence-corrected chi connectivity index (χ3v) is 7.83. The first-order chi connectivity index (χ1) is 14.9. The van der Waals surface area contributed by atoms with E-state index in [9.17, 15) is 8.42 Å². The standard InChI is InChI=1S/C21H22N4O4S2/c1-4-25-17(11-23-21(25)29-16-7-5-14(2)6-8-16)15(3)24-31(26,27)20-10-9-19(30-20)18-12-22-13-28-18/h5-13,15,24H,4H2,1-3H3. The highest BCUT2D eigenvalue weighted by atomic mass is 32.2. The van der Waals surface area contributed by atoms with Crippen LogP contribution in [0.2, 0.25) is 0 Å². The van der Waals surface area contributed by atoms with Crippen molar-refractivity contribution in [2.75, 3.05) is 0 Å². The predicted molar refractivity (Wildman–Crippen MR) is 118 cm³/mol. The third-order valence-electron chi connectivity index (χ3n) is 4.69. The van der Waals surface area contributed by atoms with Crippen LogP contribution < -0.4 is 9.46 Å². The number of hydrogen-bond acceptors (Lipinski definition) is 7. The summed E-state index contributed by atoms with van der Waals surface area (Å²) >= 11 is 1.12. The summed E-state index contributed by atoms with van der Waals surface area (Å²) in [5.74, 6) is 1.20. The minimum Gasteiger partial charge on any atom is -0.443 e. The first kappa shape index (κ1) is 21.3. The van der Waals surface area contributed by atoms with Gasteiger partial charge in [-0.25, -0.2) is 23.1 Å². The molecule has 3 heterocycles. The van der Waals surface area contributed by atoms with Crippen LogP contribution in [0.4, 0.5) is 0 Å². The number of nitrogens with one attached hydrogen (secondary N) is 1. The van der Waals surface area contributed by atoms with Crippen LogP contribution in [-0.4, -0.2) is 23.0 Å². The molecule has 1 unspecified atom stereocenters.